The lowest BCUT2D eigenvalue weighted by Crippen LogP contribution is -2.31. The number of aromatic nitrogens is 4. The number of amides is 1. The summed E-state index contributed by atoms with van der Waals surface area (Å²) in [6.07, 6.45) is 3.70. The summed E-state index contributed by atoms with van der Waals surface area (Å²) in [5.41, 5.74) is 3.55. The highest BCUT2D eigenvalue weighted by molar-refractivity contribution is 6.31. The number of hydrogen-bond donors (Lipinski definition) is 1. The number of fused-ring (bicyclic) bond motifs is 2. The van der Waals surface area contributed by atoms with Gasteiger partial charge in [0.25, 0.3) is 5.91 Å². The van der Waals surface area contributed by atoms with Gasteiger partial charge in [-0.1, -0.05) is 11.6 Å². The minimum atomic E-state index is -0.0739. The molecule has 6 nitrogen and oxygen atoms in total. The van der Waals surface area contributed by atoms with Crippen LogP contribution in [0.2, 0.25) is 5.02 Å². The molecule has 7 heteroatoms. The molecule has 0 saturated carbocycles. The van der Waals surface area contributed by atoms with Crippen LogP contribution in [0.1, 0.15) is 28.2 Å². The Morgan fingerprint density at radius 2 is 2.26 bits per heavy atom. The lowest BCUT2D eigenvalue weighted by molar-refractivity contribution is 0.0742. The SMILES string of the molecule is Cn1ncc2c1CCCN(C(=O)c1n[nH]c3ccc(Cl)cc13)C2. The van der Waals surface area contributed by atoms with Crippen LogP contribution in [0.25, 0.3) is 10.9 Å². The molecule has 3 aromatic rings. The minimum Gasteiger partial charge on any atom is -0.333 e. The molecule has 23 heavy (non-hydrogen) atoms. The topological polar surface area (TPSA) is 66.8 Å². The largest absolute Gasteiger partial charge is 0.333 e. The Kier molecular flexibility index (Phi) is 3.34. The fourth-order valence-electron chi connectivity index (χ4n) is 3.16. The van der Waals surface area contributed by atoms with Crippen molar-refractivity contribution in [3.05, 3.63) is 46.4 Å². The monoisotopic (exact) mass is 329 g/mol. The molecular weight excluding hydrogens is 314 g/mol. The molecule has 0 bridgehead atoms. The van der Waals surface area contributed by atoms with Crippen LogP contribution >= 0.6 is 11.6 Å². The van der Waals surface area contributed by atoms with Crippen LogP contribution in [0.15, 0.2) is 24.4 Å². The molecule has 0 fully saturated rings. The molecule has 1 aliphatic rings. The Labute approximate surface area is 138 Å². The van der Waals surface area contributed by atoms with Crippen LogP contribution in [-0.4, -0.2) is 37.3 Å². The van der Waals surface area contributed by atoms with Gasteiger partial charge in [-0.3, -0.25) is 14.6 Å². The molecule has 1 amide bonds. The van der Waals surface area contributed by atoms with Crippen molar-refractivity contribution in [2.45, 2.75) is 19.4 Å². The molecule has 0 atom stereocenters. The van der Waals surface area contributed by atoms with E-state index in [4.69, 9.17) is 11.6 Å². The normalized spacial score (nSPS) is 14.8. The van der Waals surface area contributed by atoms with Gasteiger partial charge >= 0.3 is 0 Å². The molecule has 0 spiro atoms. The second-order valence-corrected chi connectivity index (χ2v) is 6.27. The van der Waals surface area contributed by atoms with Gasteiger partial charge < -0.3 is 4.90 Å². The zero-order chi connectivity index (χ0) is 16.0. The molecule has 0 aliphatic carbocycles. The number of carbonyl (C=O) groups is 1. The Morgan fingerprint density at radius 1 is 1.39 bits per heavy atom. The van der Waals surface area contributed by atoms with Crippen LogP contribution in [0.3, 0.4) is 0 Å². The molecule has 2 aromatic heterocycles. The second kappa shape index (κ2) is 5.38. The molecule has 1 aliphatic heterocycles. The Hall–Kier alpha value is -2.34. The molecule has 1 N–H and O–H groups in total. The number of rotatable bonds is 1. The lowest BCUT2D eigenvalue weighted by atomic mass is 10.2. The molecule has 3 heterocycles. The number of carbonyl (C=O) groups excluding carboxylic acids is 1. The van der Waals surface area contributed by atoms with Gasteiger partial charge in [-0.05, 0) is 31.0 Å². The number of nitrogens with zero attached hydrogens (tertiary/aromatic N) is 4. The maximum atomic E-state index is 12.9. The van der Waals surface area contributed by atoms with Crippen molar-refractivity contribution in [1.29, 1.82) is 0 Å². The summed E-state index contributed by atoms with van der Waals surface area (Å²) in [4.78, 5) is 14.8. The van der Waals surface area contributed by atoms with Crippen LogP contribution in [0.5, 0.6) is 0 Å². The van der Waals surface area contributed by atoms with Gasteiger partial charge in [0.05, 0.1) is 11.7 Å². The summed E-state index contributed by atoms with van der Waals surface area (Å²) in [5, 5.41) is 12.8. The van der Waals surface area contributed by atoms with E-state index in [1.165, 1.54) is 5.69 Å². The average molecular weight is 330 g/mol. The highest BCUT2D eigenvalue weighted by atomic mass is 35.5. The quantitative estimate of drug-likeness (QED) is 0.746. The predicted octanol–water partition coefficient (Wildman–Crippen LogP) is 2.54. The first-order valence-corrected chi connectivity index (χ1v) is 7.94. The van der Waals surface area contributed by atoms with E-state index in [2.05, 4.69) is 15.3 Å². The first-order chi connectivity index (χ1) is 11.1. The molecule has 4 rings (SSSR count). The number of halogens is 1. The van der Waals surface area contributed by atoms with Crippen molar-refractivity contribution < 1.29 is 4.79 Å². The van der Waals surface area contributed by atoms with Crippen molar-refractivity contribution >= 4 is 28.4 Å². The summed E-state index contributed by atoms with van der Waals surface area (Å²) in [7, 11) is 1.94. The summed E-state index contributed by atoms with van der Waals surface area (Å²) >= 11 is 6.06. The number of hydrogen-bond acceptors (Lipinski definition) is 3. The first kappa shape index (κ1) is 14.3. The highest BCUT2D eigenvalue weighted by Crippen LogP contribution is 2.24. The smallest absolute Gasteiger partial charge is 0.275 e. The lowest BCUT2D eigenvalue weighted by Gasteiger charge is -2.19. The Bertz CT molecular complexity index is 897. The van der Waals surface area contributed by atoms with Crippen molar-refractivity contribution in [3.8, 4) is 0 Å². The van der Waals surface area contributed by atoms with Crippen LogP contribution in [0.4, 0.5) is 0 Å². The van der Waals surface area contributed by atoms with Crippen LogP contribution in [-0.2, 0) is 20.0 Å². The first-order valence-electron chi connectivity index (χ1n) is 7.56. The zero-order valence-electron chi connectivity index (χ0n) is 12.7. The van der Waals surface area contributed by atoms with E-state index >= 15 is 0 Å². The van der Waals surface area contributed by atoms with Gasteiger partial charge in [0.2, 0.25) is 0 Å². The van der Waals surface area contributed by atoms with E-state index in [0.717, 1.165) is 29.3 Å². The summed E-state index contributed by atoms with van der Waals surface area (Å²) in [6.45, 7) is 1.28. The third-order valence-corrected chi connectivity index (χ3v) is 4.60. The zero-order valence-corrected chi connectivity index (χ0v) is 13.5. The summed E-state index contributed by atoms with van der Waals surface area (Å²) in [5.74, 6) is -0.0739. The van der Waals surface area contributed by atoms with Gasteiger partial charge in [-0.15, -0.1) is 0 Å². The third kappa shape index (κ3) is 2.39. The summed E-state index contributed by atoms with van der Waals surface area (Å²) in [6, 6.07) is 5.40. The molecule has 0 radical (unpaired) electrons. The fourth-order valence-corrected chi connectivity index (χ4v) is 3.33. The maximum Gasteiger partial charge on any atom is 0.275 e. The van der Waals surface area contributed by atoms with Crippen LogP contribution < -0.4 is 0 Å². The van der Waals surface area contributed by atoms with Gasteiger partial charge in [0, 0.05) is 41.8 Å². The van der Waals surface area contributed by atoms with Crippen molar-refractivity contribution in [2.24, 2.45) is 7.05 Å². The van der Waals surface area contributed by atoms with E-state index in [1.807, 2.05) is 28.9 Å². The van der Waals surface area contributed by atoms with Crippen LogP contribution in [0, 0.1) is 0 Å². The number of H-pyrrole nitrogens is 1. The van der Waals surface area contributed by atoms with Gasteiger partial charge in [-0.25, -0.2) is 0 Å². The highest BCUT2D eigenvalue weighted by Gasteiger charge is 2.25. The molecule has 0 unspecified atom stereocenters. The molecule has 1 aromatic carbocycles. The average Bonchev–Trinajstić information content (AvgIpc) is 3.02. The van der Waals surface area contributed by atoms with Gasteiger partial charge in [0.15, 0.2) is 5.69 Å². The fraction of sp³-hybridized carbons (Fsp3) is 0.312. The Balaban J connectivity index is 1.69. The van der Waals surface area contributed by atoms with E-state index in [9.17, 15) is 4.79 Å². The number of aromatic amines is 1. The molecular formula is C16H16ClN5O. The van der Waals surface area contributed by atoms with Crippen molar-refractivity contribution in [1.82, 2.24) is 24.9 Å². The standard InChI is InChI=1S/C16H16ClN5O/c1-21-14-3-2-6-22(9-10(14)8-18-21)16(23)15-12-7-11(17)4-5-13(12)19-20-15/h4-5,7-8H,2-3,6,9H2,1H3,(H,19,20). The third-order valence-electron chi connectivity index (χ3n) is 4.37. The van der Waals surface area contributed by atoms with Crippen molar-refractivity contribution in [3.63, 3.8) is 0 Å². The molecule has 118 valence electrons. The van der Waals surface area contributed by atoms with Gasteiger partial charge in [0.1, 0.15) is 0 Å². The van der Waals surface area contributed by atoms with E-state index in [-0.39, 0.29) is 5.91 Å². The van der Waals surface area contributed by atoms with E-state index in [1.54, 1.807) is 12.1 Å². The maximum absolute atomic E-state index is 12.9. The number of nitrogens with one attached hydrogen (secondary N) is 1. The Morgan fingerprint density at radius 3 is 3.13 bits per heavy atom. The van der Waals surface area contributed by atoms with Crippen molar-refractivity contribution in [2.75, 3.05) is 6.54 Å². The minimum absolute atomic E-state index is 0.0739. The predicted molar refractivity (Wildman–Crippen MR) is 87.4 cm³/mol. The number of benzene rings is 1. The summed E-state index contributed by atoms with van der Waals surface area (Å²) < 4.78 is 1.90. The second-order valence-electron chi connectivity index (χ2n) is 5.83. The van der Waals surface area contributed by atoms with E-state index < -0.39 is 0 Å². The molecule has 0 saturated heterocycles. The van der Waals surface area contributed by atoms with Gasteiger partial charge in [-0.2, -0.15) is 10.2 Å². The number of aryl methyl sites for hydroxylation is 1. The van der Waals surface area contributed by atoms with E-state index in [0.29, 0.717) is 23.8 Å².